The first kappa shape index (κ1) is 9.60. The van der Waals surface area contributed by atoms with Crippen molar-refractivity contribution in [3.8, 4) is 0 Å². The second-order valence-corrected chi connectivity index (χ2v) is 5.07. The van der Waals surface area contributed by atoms with Gasteiger partial charge in [0.1, 0.15) is 5.82 Å². The Morgan fingerprint density at radius 3 is 2.64 bits per heavy atom. The summed E-state index contributed by atoms with van der Waals surface area (Å²) in [5.41, 5.74) is 0. The zero-order chi connectivity index (χ0) is 10.2. The van der Waals surface area contributed by atoms with Crippen LogP contribution in [-0.2, 0) is 16.4 Å². The van der Waals surface area contributed by atoms with Crippen LogP contribution in [0.4, 0.5) is 0 Å². The largest absolute Gasteiger partial charge is 0.282 e. The molecule has 1 aliphatic rings. The van der Waals surface area contributed by atoms with Crippen LogP contribution in [0.1, 0.15) is 25.1 Å². The molecule has 1 aliphatic carbocycles. The number of primary sulfonamides is 1. The van der Waals surface area contributed by atoms with Gasteiger partial charge in [0.05, 0.1) is 0 Å². The Balaban J connectivity index is 2.09. The summed E-state index contributed by atoms with van der Waals surface area (Å²) in [6, 6.07) is 0. The number of hydrogen-bond donors (Lipinski definition) is 2. The molecule has 3 N–H and O–H groups in total. The third kappa shape index (κ3) is 1.93. The van der Waals surface area contributed by atoms with Crippen LogP contribution in [0.5, 0.6) is 0 Å². The molecule has 1 aromatic heterocycles. The molecule has 78 valence electrons. The van der Waals surface area contributed by atoms with Crippen LogP contribution in [0.25, 0.3) is 0 Å². The minimum atomic E-state index is -3.76. The summed E-state index contributed by atoms with van der Waals surface area (Å²) < 4.78 is 21.7. The van der Waals surface area contributed by atoms with Crippen LogP contribution in [-0.4, -0.2) is 23.6 Å². The minimum absolute atomic E-state index is 0.313. The van der Waals surface area contributed by atoms with Gasteiger partial charge in [0.25, 0.3) is 15.2 Å². The van der Waals surface area contributed by atoms with E-state index in [0.29, 0.717) is 11.7 Å². The first-order chi connectivity index (χ1) is 6.55. The lowest BCUT2D eigenvalue weighted by atomic mass is 9.83. The molecule has 14 heavy (non-hydrogen) atoms. The van der Waals surface area contributed by atoms with Crippen LogP contribution in [0, 0.1) is 5.92 Å². The van der Waals surface area contributed by atoms with E-state index in [1.165, 1.54) is 19.3 Å². The molecule has 1 aromatic rings. The van der Waals surface area contributed by atoms with Crippen molar-refractivity contribution in [3.05, 3.63) is 5.82 Å². The van der Waals surface area contributed by atoms with Crippen LogP contribution in [0.2, 0.25) is 0 Å². The Morgan fingerprint density at radius 1 is 1.50 bits per heavy atom. The summed E-state index contributed by atoms with van der Waals surface area (Å²) in [5, 5.41) is 10.7. The molecule has 0 amide bonds. The van der Waals surface area contributed by atoms with Gasteiger partial charge in [0, 0.05) is 6.42 Å². The number of rotatable bonds is 3. The smallest absolute Gasteiger partial charge is 0.262 e. The van der Waals surface area contributed by atoms with Crippen LogP contribution in [0.15, 0.2) is 5.16 Å². The predicted octanol–water partition coefficient (Wildman–Crippen LogP) is -0.205. The fraction of sp³-hybridized carbons (Fsp3) is 0.714. The second kappa shape index (κ2) is 3.32. The highest BCUT2D eigenvalue weighted by Crippen LogP contribution is 2.28. The van der Waals surface area contributed by atoms with E-state index in [0.717, 1.165) is 6.42 Å². The first-order valence-electron chi connectivity index (χ1n) is 4.50. The molecular weight excluding hydrogens is 204 g/mol. The van der Waals surface area contributed by atoms with E-state index in [1.807, 2.05) is 0 Å². The monoisotopic (exact) mass is 216 g/mol. The average Bonchev–Trinajstić information content (AvgIpc) is 2.43. The van der Waals surface area contributed by atoms with Gasteiger partial charge in [-0.15, -0.1) is 5.10 Å². The first-order valence-corrected chi connectivity index (χ1v) is 6.04. The van der Waals surface area contributed by atoms with E-state index < -0.39 is 10.0 Å². The molecule has 1 heterocycles. The molecule has 1 saturated carbocycles. The minimum Gasteiger partial charge on any atom is -0.262 e. The van der Waals surface area contributed by atoms with Gasteiger partial charge in [-0.1, -0.05) is 19.3 Å². The van der Waals surface area contributed by atoms with E-state index in [2.05, 4.69) is 15.2 Å². The van der Waals surface area contributed by atoms with Gasteiger partial charge in [-0.2, -0.15) is 0 Å². The summed E-state index contributed by atoms with van der Waals surface area (Å²) in [6.07, 6.45) is 4.39. The summed E-state index contributed by atoms with van der Waals surface area (Å²) >= 11 is 0. The Morgan fingerprint density at radius 2 is 2.21 bits per heavy atom. The quantitative estimate of drug-likeness (QED) is 0.730. The molecule has 0 aromatic carbocycles. The van der Waals surface area contributed by atoms with Crippen molar-refractivity contribution in [2.75, 3.05) is 0 Å². The third-order valence-corrected chi connectivity index (χ3v) is 3.16. The standard InChI is InChI=1S/C7H12N4O2S/c8-14(12,13)7-9-6(10-11-7)4-5-2-1-3-5/h5H,1-4H2,(H2,8,12,13)(H,9,10,11). The highest BCUT2D eigenvalue weighted by Gasteiger charge is 2.21. The predicted molar refractivity (Wildman–Crippen MR) is 48.8 cm³/mol. The number of aromatic nitrogens is 3. The number of sulfonamides is 1. The Hall–Kier alpha value is -0.950. The van der Waals surface area contributed by atoms with Crippen molar-refractivity contribution in [1.82, 2.24) is 15.2 Å². The van der Waals surface area contributed by atoms with Crippen molar-refractivity contribution in [3.63, 3.8) is 0 Å². The fourth-order valence-corrected chi connectivity index (χ4v) is 1.88. The summed E-state index contributed by atoms with van der Waals surface area (Å²) in [6.45, 7) is 0. The van der Waals surface area contributed by atoms with Crippen LogP contribution in [0.3, 0.4) is 0 Å². The number of hydrogen-bond acceptors (Lipinski definition) is 4. The topological polar surface area (TPSA) is 102 Å². The molecular formula is C7H12N4O2S. The Labute approximate surface area is 82.0 Å². The second-order valence-electron chi connectivity index (χ2n) is 3.61. The molecule has 1 fully saturated rings. The van der Waals surface area contributed by atoms with Gasteiger partial charge >= 0.3 is 0 Å². The molecule has 0 spiro atoms. The molecule has 0 unspecified atom stereocenters. The number of nitrogens with zero attached hydrogens (tertiary/aromatic N) is 2. The Bertz CT molecular complexity index is 421. The number of H-pyrrole nitrogens is 1. The van der Waals surface area contributed by atoms with Crippen molar-refractivity contribution in [2.24, 2.45) is 11.1 Å². The highest BCUT2D eigenvalue weighted by atomic mass is 32.2. The molecule has 0 aliphatic heterocycles. The van der Waals surface area contributed by atoms with E-state index in [-0.39, 0.29) is 5.16 Å². The molecule has 0 saturated heterocycles. The maximum atomic E-state index is 10.8. The summed E-state index contributed by atoms with van der Waals surface area (Å²) in [4.78, 5) is 3.82. The maximum absolute atomic E-state index is 10.8. The van der Waals surface area contributed by atoms with Gasteiger partial charge in [0.15, 0.2) is 0 Å². The Kier molecular flexibility index (Phi) is 2.28. The van der Waals surface area contributed by atoms with Gasteiger partial charge in [-0.25, -0.2) is 18.5 Å². The molecule has 0 radical (unpaired) electrons. The normalized spacial score (nSPS) is 18.1. The SMILES string of the molecule is NS(=O)(=O)c1n[nH]c(CC2CCC2)n1. The van der Waals surface area contributed by atoms with Crippen LogP contribution < -0.4 is 5.14 Å². The van der Waals surface area contributed by atoms with E-state index in [1.54, 1.807) is 0 Å². The summed E-state index contributed by atoms with van der Waals surface area (Å²) in [7, 11) is -3.76. The van der Waals surface area contributed by atoms with E-state index >= 15 is 0 Å². The molecule has 7 heteroatoms. The number of aromatic amines is 1. The van der Waals surface area contributed by atoms with Crippen molar-refractivity contribution in [2.45, 2.75) is 30.8 Å². The zero-order valence-corrected chi connectivity index (χ0v) is 8.42. The molecule has 0 bridgehead atoms. The third-order valence-electron chi connectivity index (χ3n) is 2.47. The van der Waals surface area contributed by atoms with Gasteiger partial charge in [-0.3, -0.25) is 5.10 Å². The van der Waals surface area contributed by atoms with Crippen molar-refractivity contribution < 1.29 is 8.42 Å². The molecule has 2 rings (SSSR count). The van der Waals surface area contributed by atoms with Gasteiger partial charge < -0.3 is 0 Å². The lowest BCUT2D eigenvalue weighted by Crippen LogP contribution is -2.15. The lowest BCUT2D eigenvalue weighted by molar-refractivity contribution is 0.309. The van der Waals surface area contributed by atoms with Crippen molar-refractivity contribution in [1.29, 1.82) is 0 Å². The zero-order valence-electron chi connectivity index (χ0n) is 7.60. The number of nitrogens with two attached hydrogens (primary N) is 1. The summed E-state index contributed by atoms with van der Waals surface area (Å²) in [5.74, 6) is 1.23. The van der Waals surface area contributed by atoms with E-state index in [9.17, 15) is 8.42 Å². The van der Waals surface area contributed by atoms with Crippen molar-refractivity contribution >= 4 is 10.0 Å². The van der Waals surface area contributed by atoms with Gasteiger partial charge in [0.2, 0.25) is 0 Å². The van der Waals surface area contributed by atoms with E-state index in [4.69, 9.17) is 5.14 Å². The highest BCUT2D eigenvalue weighted by molar-refractivity contribution is 7.89. The molecule has 0 atom stereocenters. The fourth-order valence-electron chi connectivity index (χ4n) is 1.47. The van der Waals surface area contributed by atoms with Gasteiger partial charge in [-0.05, 0) is 5.92 Å². The number of nitrogens with one attached hydrogen (secondary N) is 1. The molecule has 6 nitrogen and oxygen atoms in total. The average molecular weight is 216 g/mol. The lowest BCUT2D eigenvalue weighted by Gasteiger charge is -2.23. The van der Waals surface area contributed by atoms with Crippen LogP contribution >= 0.6 is 0 Å². The maximum Gasteiger partial charge on any atom is 0.282 e.